The van der Waals surface area contributed by atoms with Crippen molar-refractivity contribution in [1.82, 2.24) is 14.5 Å². The Balaban J connectivity index is 1.83. The van der Waals surface area contributed by atoms with Gasteiger partial charge in [0.1, 0.15) is 6.07 Å². The molecule has 104 valence electrons. The maximum absolute atomic E-state index is 9.18. The number of nitriles is 1. The summed E-state index contributed by atoms with van der Waals surface area (Å²) in [5, 5.41) is 12.5. The summed E-state index contributed by atoms with van der Waals surface area (Å²) in [6.45, 7) is 5.64. The number of hydrogen-bond acceptors (Lipinski definition) is 4. The van der Waals surface area contributed by atoms with Crippen molar-refractivity contribution < 1.29 is 0 Å². The van der Waals surface area contributed by atoms with E-state index in [9.17, 15) is 5.26 Å². The van der Waals surface area contributed by atoms with E-state index in [0.717, 1.165) is 43.0 Å². The molecule has 0 unspecified atom stereocenters. The van der Waals surface area contributed by atoms with Crippen molar-refractivity contribution in [3.8, 4) is 6.07 Å². The Morgan fingerprint density at radius 3 is 2.90 bits per heavy atom. The van der Waals surface area contributed by atoms with E-state index in [1.165, 1.54) is 0 Å². The van der Waals surface area contributed by atoms with Crippen LogP contribution < -0.4 is 5.32 Å². The van der Waals surface area contributed by atoms with Crippen LogP contribution in [0.3, 0.4) is 0 Å². The van der Waals surface area contributed by atoms with Crippen LogP contribution >= 0.6 is 0 Å². The Morgan fingerprint density at radius 2 is 2.20 bits per heavy atom. The third-order valence-corrected chi connectivity index (χ3v) is 3.16. The van der Waals surface area contributed by atoms with Crippen molar-refractivity contribution in [2.45, 2.75) is 33.2 Å². The van der Waals surface area contributed by atoms with E-state index in [1.807, 2.05) is 32.4 Å². The van der Waals surface area contributed by atoms with Crippen LogP contribution in [-0.2, 0) is 6.54 Å². The van der Waals surface area contributed by atoms with Crippen LogP contribution in [0.4, 0.5) is 5.69 Å². The van der Waals surface area contributed by atoms with Gasteiger partial charge in [-0.15, -0.1) is 0 Å². The van der Waals surface area contributed by atoms with Crippen molar-refractivity contribution in [3.63, 3.8) is 0 Å². The predicted molar refractivity (Wildman–Crippen MR) is 78.4 cm³/mol. The largest absolute Gasteiger partial charge is 0.384 e. The molecule has 2 rings (SSSR count). The van der Waals surface area contributed by atoms with Gasteiger partial charge in [0.05, 0.1) is 23.3 Å². The van der Waals surface area contributed by atoms with Gasteiger partial charge in [-0.3, -0.25) is 4.98 Å². The van der Waals surface area contributed by atoms with Gasteiger partial charge in [-0.05, 0) is 32.8 Å². The molecule has 20 heavy (non-hydrogen) atoms. The highest BCUT2D eigenvalue weighted by atomic mass is 15.0. The van der Waals surface area contributed by atoms with Gasteiger partial charge in [0.25, 0.3) is 0 Å². The molecule has 0 aliphatic carbocycles. The number of aromatic nitrogens is 3. The summed E-state index contributed by atoms with van der Waals surface area (Å²) in [5.74, 6) is 0. The van der Waals surface area contributed by atoms with Gasteiger partial charge in [0.15, 0.2) is 0 Å². The molecule has 0 saturated carbocycles. The van der Waals surface area contributed by atoms with Crippen molar-refractivity contribution in [1.29, 1.82) is 5.26 Å². The van der Waals surface area contributed by atoms with Crippen molar-refractivity contribution >= 4 is 5.69 Å². The Morgan fingerprint density at radius 1 is 1.35 bits per heavy atom. The number of imidazole rings is 1. The number of rotatable bonds is 6. The lowest BCUT2D eigenvalue weighted by Crippen LogP contribution is -2.07. The van der Waals surface area contributed by atoms with Crippen molar-refractivity contribution in [2.75, 3.05) is 11.9 Å². The van der Waals surface area contributed by atoms with Crippen LogP contribution in [0, 0.1) is 25.2 Å². The van der Waals surface area contributed by atoms with E-state index in [1.54, 1.807) is 6.20 Å². The number of pyridine rings is 1. The molecular weight excluding hydrogens is 250 g/mol. The van der Waals surface area contributed by atoms with E-state index in [2.05, 4.69) is 25.9 Å². The van der Waals surface area contributed by atoms with Crippen LogP contribution in [0.2, 0.25) is 0 Å². The zero-order chi connectivity index (χ0) is 14.4. The normalized spacial score (nSPS) is 10.2. The van der Waals surface area contributed by atoms with Crippen LogP contribution in [0.15, 0.2) is 24.8 Å². The van der Waals surface area contributed by atoms with Gasteiger partial charge in [0, 0.05) is 31.2 Å². The smallest absolute Gasteiger partial charge is 0.103 e. The molecule has 0 spiro atoms. The van der Waals surface area contributed by atoms with Crippen molar-refractivity contribution in [2.24, 2.45) is 0 Å². The molecule has 0 fully saturated rings. The molecule has 0 saturated heterocycles. The fraction of sp³-hybridized carbons (Fsp3) is 0.400. The number of nitrogens with one attached hydrogen (secondary N) is 1. The Labute approximate surface area is 119 Å². The topological polar surface area (TPSA) is 66.5 Å². The number of hydrogen-bond donors (Lipinski definition) is 1. The Hall–Kier alpha value is -2.35. The Bertz CT molecular complexity index is 595. The molecule has 0 aliphatic rings. The molecule has 2 aromatic rings. The number of nitrogens with zero attached hydrogens (tertiary/aromatic N) is 4. The second-order valence-electron chi connectivity index (χ2n) is 4.82. The standard InChI is InChI=1S/C15H19N5/c1-12-9-15(14(10-16)13(2)19-12)18-5-3-4-7-20-8-6-17-11-20/h6,8-9,11H,3-5,7H2,1-2H3,(H,18,19). The second-order valence-corrected chi connectivity index (χ2v) is 4.82. The third kappa shape index (κ3) is 3.58. The average Bonchev–Trinajstić information content (AvgIpc) is 2.91. The average molecular weight is 269 g/mol. The van der Waals surface area contributed by atoms with Gasteiger partial charge in [0.2, 0.25) is 0 Å². The predicted octanol–water partition coefficient (Wildman–Crippen LogP) is 2.66. The highest BCUT2D eigenvalue weighted by Crippen LogP contribution is 2.18. The SMILES string of the molecule is Cc1cc(NCCCCn2ccnc2)c(C#N)c(C)n1. The first-order valence-electron chi connectivity index (χ1n) is 6.78. The van der Waals surface area contributed by atoms with Gasteiger partial charge in [-0.2, -0.15) is 5.26 Å². The minimum absolute atomic E-state index is 0.644. The third-order valence-electron chi connectivity index (χ3n) is 3.16. The summed E-state index contributed by atoms with van der Waals surface area (Å²) in [6.07, 6.45) is 7.71. The van der Waals surface area contributed by atoms with Crippen LogP contribution in [0.25, 0.3) is 0 Å². The molecule has 2 aromatic heterocycles. The molecule has 5 heteroatoms. The molecule has 0 radical (unpaired) electrons. The number of aryl methyl sites for hydroxylation is 3. The lowest BCUT2D eigenvalue weighted by Gasteiger charge is -2.10. The first kappa shape index (κ1) is 14.1. The molecule has 2 heterocycles. The van der Waals surface area contributed by atoms with Crippen LogP contribution in [0.1, 0.15) is 29.8 Å². The minimum atomic E-state index is 0.644. The Kier molecular flexibility index (Phi) is 4.72. The second kappa shape index (κ2) is 6.71. The van der Waals surface area contributed by atoms with E-state index in [0.29, 0.717) is 5.56 Å². The van der Waals surface area contributed by atoms with Gasteiger partial charge < -0.3 is 9.88 Å². The number of unbranched alkanes of at least 4 members (excludes halogenated alkanes) is 1. The summed E-state index contributed by atoms with van der Waals surface area (Å²) in [7, 11) is 0. The fourth-order valence-corrected chi connectivity index (χ4v) is 2.17. The summed E-state index contributed by atoms with van der Waals surface area (Å²) in [4.78, 5) is 8.33. The van der Waals surface area contributed by atoms with E-state index < -0.39 is 0 Å². The quantitative estimate of drug-likeness (QED) is 0.819. The highest BCUT2D eigenvalue weighted by Gasteiger charge is 2.07. The molecule has 0 aliphatic heterocycles. The lowest BCUT2D eigenvalue weighted by atomic mass is 10.1. The van der Waals surface area contributed by atoms with E-state index in [4.69, 9.17) is 0 Å². The molecule has 5 nitrogen and oxygen atoms in total. The van der Waals surface area contributed by atoms with Gasteiger partial charge in [-0.1, -0.05) is 0 Å². The molecule has 0 bridgehead atoms. The molecule has 0 amide bonds. The first-order chi connectivity index (χ1) is 9.70. The molecule has 0 atom stereocenters. The maximum Gasteiger partial charge on any atom is 0.103 e. The maximum atomic E-state index is 9.18. The molecule has 1 N–H and O–H groups in total. The summed E-state index contributed by atoms with van der Waals surface area (Å²) < 4.78 is 2.07. The number of anilines is 1. The van der Waals surface area contributed by atoms with Crippen LogP contribution in [-0.4, -0.2) is 21.1 Å². The van der Waals surface area contributed by atoms with Crippen LogP contribution in [0.5, 0.6) is 0 Å². The lowest BCUT2D eigenvalue weighted by molar-refractivity contribution is 0.621. The monoisotopic (exact) mass is 269 g/mol. The van der Waals surface area contributed by atoms with E-state index in [-0.39, 0.29) is 0 Å². The van der Waals surface area contributed by atoms with E-state index >= 15 is 0 Å². The molecular formula is C15H19N5. The summed E-state index contributed by atoms with van der Waals surface area (Å²) in [5.41, 5.74) is 3.25. The molecule has 0 aromatic carbocycles. The fourth-order valence-electron chi connectivity index (χ4n) is 2.17. The zero-order valence-electron chi connectivity index (χ0n) is 11.9. The highest BCUT2D eigenvalue weighted by molar-refractivity contribution is 5.59. The van der Waals surface area contributed by atoms with Gasteiger partial charge in [-0.25, -0.2) is 4.98 Å². The van der Waals surface area contributed by atoms with Gasteiger partial charge >= 0.3 is 0 Å². The summed E-state index contributed by atoms with van der Waals surface area (Å²) >= 11 is 0. The zero-order valence-corrected chi connectivity index (χ0v) is 11.9. The first-order valence-corrected chi connectivity index (χ1v) is 6.78. The summed E-state index contributed by atoms with van der Waals surface area (Å²) in [6, 6.07) is 4.15. The van der Waals surface area contributed by atoms with Crippen molar-refractivity contribution in [3.05, 3.63) is 41.7 Å². The minimum Gasteiger partial charge on any atom is -0.384 e.